The molecule has 6 rings (SSSR count). The molecule has 0 aliphatic heterocycles. The molecule has 0 aliphatic carbocycles. The lowest BCUT2D eigenvalue weighted by Gasteiger charge is -2.20. The third-order valence-corrected chi connectivity index (χ3v) is 6.56. The zero-order valence-electron chi connectivity index (χ0n) is 17.6. The molecule has 6 aromatic rings. The van der Waals surface area contributed by atoms with E-state index in [-0.39, 0.29) is 5.41 Å². The van der Waals surface area contributed by atoms with Gasteiger partial charge in [-0.15, -0.1) is 0 Å². The molecule has 31 heavy (non-hydrogen) atoms. The fourth-order valence-corrected chi connectivity index (χ4v) is 4.88. The molecule has 3 heterocycles. The van der Waals surface area contributed by atoms with Crippen LogP contribution in [-0.4, -0.2) is 9.55 Å². The van der Waals surface area contributed by atoms with Gasteiger partial charge >= 0.3 is 0 Å². The lowest BCUT2D eigenvalue weighted by molar-refractivity contribution is 0.588. The number of benzene rings is 3. The second-order valence-corrected chi connectivity index (χ2v) is 10.00. The summed E-state index contributed by atoms with van der Waals surface area (Å²) in [4.78, 5) is 4.81. The third-order valence-electron chi connectivity index (χ3n) is 6.07. The van der Waals surface area contributed by atoms with Crippen LogP contribution in [0.15, 0.2) is 81.8 Å². The molecule has 0 amide bonds. The number of nitrogens with zero attached hydrogens (tertiary/aromatic N) is 2. The minimum atomic E-state index is 0.0364. The molecule has 0 radical (unpaired) electrons. The molecule has 4 heteroatoms. The molecule has 0 aliphatic rings. The van der Waals surface area contributed by atoms with Crippen LogP contribution in [0.4, 0.5) is 0 Å². The second-order valence-electron chi connectivity index (χ2n) is 9.08. The summed E-state index contributed by atoms with van der Waals surface area (Å²) in [7, 11) is 0. The summed E-state index contributed by atoms with van der Waals surface area (Å²) in [5.74, 6) is 0.920. The molecule has 0 spiro atoms. The Balaban J connectivity index is 1.86. The van der Waals surface area contributed by atoms with E-state index in [2.05, 4.69) is 95.9 Å². The van der Waals surface area contributed by atoms with Gasteiger partial charge in [0, 0.05) is 26.8 Å². The van der Waals surface area contributed by atoms with E-state index in [1.54, 1.807) is 0 Å². The minimum absolute atomic E-state index is 0.0364. The lowest BCUT2D eigenvalue weighted by atomic mass is 9.88. The Morgan fingerprint density at radius 2 is 1.65 bits per heavy atom. The van der Waals surface area contributed by atoms with Crippen molar-refractivity contribution in [3.8, 4) is 5.82 Å². The molecule has 152 valence electrons. The third kappa shape index (κ3) is 2.75. The quantitative estimate of drug-likeness (QED) is 0.243. The predicted molar refractivity (Wildman–Crippen MR) is 132 cm³/mol. The van der Waals surface area contributed by atoms with Crippen molar-refractivity contribution in [1.82, 2.24) is 9.55 Å². The first-order valence-corrected chi connectivity index (χ1v) is 11.2. The summed E-state index contributed by atoms with van der Waals surface area (Å²) in [6, 6.07) is 23.3. The fraction of sp³-hybridized carbons (Fsp3) is 0.148. The van der Waals surface area contributed by atoms with Crippen LogP contribution in [0.5, 0.6) is 0 Å². The van der Waals surface area contributed by atoms with Crippen molar-refractivity contribution in [2.45, 2.75) is 26.2 Å². The molecule has 0 saturated heterocycles. The second kappa shape index (κ2) is 6.44. The number of rotatable bonds is 1. The average molecular weight is 469 g/mol. The van der Waals surface area contributed by atoms with Crippen LogP contribution >= 0.6 is 15.9 Å². The van der Waals surface area contributed by atoms with Gasteiger partial charge in [-0.3, -0.25) is 4.57 Å². The van der Waals surface area contributed by atoms with Gasteiger partial charge in [0.05, 0.1) is 16.4 Å². The van der Waals surface area contributed by atoms with Gasteiger partial charge in [0.15, 0.2) is 0 Å². The molecule has 3 aromatic heterocycles. The van der Waals surface area contributed by atoms with Crippen LogP contribution in [0.3, 0.4) is 0 Å². The van der Waals surface area contributed by atoms with E-state index in [9.17, 15) is 0 Å². The minimum Gasteiger partial charge on any atom is -0.456 e. The Kier molecular flexibility index (Phi) is 3.87. The van der Waals surface area contributed by atoms with Crippen molar-refractivity contribution in [3.05, 3.63) is 83.0 Å². The Bertz CT molecular complexity index is 1630. The summed E-state index contributed by atoms with van der Waals surface area (Å²) in [5.41, 5.74) is 5.35. The smallest absolute Gasteiger partial charge is 0.137 e. The van der Waals surface area contributed by atoms with Crippen molar-refractivity contribution < 1.29 is 4.42 Å². The summed E-state index contributed by atoms with van der Waals surface area (Å²) >= 11 is 3.67. The highest BCUT2D eigenvalue weighted by Crippen LogP contribution is 2.41. The van der Waals surface area contributed by atoms with Crippen molar-refractivity contribution in [1.29, 1.82) is 0 Å². The van der Waals surface area contributed by atoms with Crippen LogP contribution < -0.4 is 0 Å². The molecule has 0 atom stereocenters. The van der Waals surface area contributed by atoms with Crippen LogP contribution in [-0.2, 0) is 5.41 Å². The number of fused-ring (bicyclic) bond motifs is 7. The summed E-state index contributed by atoms with van der Waals surface area (Å²) in [5, 5.41) is 4.65. The molecule has 0 fully saturated rings. The normalized spacial score (nSPS) is 12.5. The SMILES string of the molecule is CC(C)(C)c1ccnc(-n2c3cc(Br)ccc3c3ccc4oc5ccccc5c4c32)c1. The maximum Gasteiger partial charge on any atom is 0.137 e. The van der Waals surface area contributed by atoms with Gasteiger partial charge in [0.2, 0.25) is 0 Å². The number of hydrogen-bond donors (Lipinski definition) is 0. The summed E-state index contributed by atoms with van der Waals surface area (Å²) in [6.45, 7) is 6.70. The van der Waals surface area contributed by atoms with Gasteiger partial charge in [-0.2, -0.15) is 0 Å². The van der Waals surface area contributed by atoms with Gasteiger partial charge in [-0.25, -0.2) is 4.98 Å². The molecule has 3 nitrogen and oxygen atoms in total. The number of halogens is 1. The highest BCUT2D eigenvalue weighted by molar-refractivity contribution is 9.10. The maximum absolute atomic E-state index is 6.21. The molecule has 0 saturated carbocycles. The predicted octanol–water partition coefficient (Wildman–Crippen LogP) is 8.14. The molecule has 0 N–H and O–H groups in total. The number of aromatic nitrogens is 2. The van der Waals surface area contributed by atoms with Crippen LogP contribution in [0.2, 0.25) is 0 Å². The van der Waals surface area contributed by atoms with E-state index in [0.717, 1.165) is 43.3 Å². The van der Waals surface area contributed by atoms with Gasteiger partial charge in [-0.05, 0) is 53.4 Å². The average Bonchev–Trinajstić information content (AvgIpc) is 3.28. The molecule has 3 aromatic carbocycles. The Morgan fingerprint density at radius 3 is 2.48 bits per heavy atom. The number of hydrogen-bond acceptors (Lipinski definition) is 2. The lowest BCUT2D eigenvalue weighted by Crippen LogP contribution is -2.12. The van der Waals surface area contributed by atoms with Crippen molar-refractivity contribution in [3.63, 3.8) is 0 Å². The first-order valence-electron chi connectivity index (χ1n) is 10.4. The molecule has 0 bridgehead atoms. The highest BCUT2D eigenvalue weighted by atomic mass is 79.9. The van der Waals surface area contributed by atoms with Gasteiger partial charge in [0.1, 0.15) is 17.0 Å². The van der Waals surface area contributed by atoms with Crippen LogP contribution in [0, 0.1) is 0 Å². The molecule has 0 unspecified atom stereocenters. The van der Waals surface area contributed by atoms with E-state index in [1.807, 2.05) is 18.3 Å². The van der Waals surface area contributed by atoms with Crippen LogP contribution in [0.25, 0.3) is 49.6 Å². The van der Waals surface area contributed by atoms with E-state index in [0.29, 0.717) is 0 Å². The van der Waals surface area contributed by atoms with Crippen molar-refractivity contribution in [2.75, 3.05) is 0 Å². The molecular formula is C27H21BrN2O. The Hall–Kier alpha value is -3.11. The Labute approximate surface area is 188 Å². The van der Waals surface area contributed by atoms with E-state index in [1.165, 1.54) is 16.3 Å². The number of furan rings is 1. The van der Waals surface area contributed by atoms with Crippen molar-refractivity contribution in [2.24, 2.45) is 0 Å². The van der Waals surface area contributed by atoms with Gasteiger partial charge in [0.25, 0.3) is 0 Å². The van der Waals surface area contributed by atoms with Crippen LogP contribution in [0.1, 0.15) is 26.3 Å². The number of pyridine rings is 1. The number of para-hydroxylation sites is 1. The van der Waals surface area contributed by atoms with Crippen molar-refractivity contribution >= 4 is 59.7 Å². The van der Waals surface area contributed by atoms with Gasteiger partial charge in [-0.1, -0.05) is 61.0 Å². The monoisotopic (exact) mass is 468 g/mol. The first-order chi connectivity index (χ1) is 14.9. The first kappa shape index (κ1) is 18.6. The fourth-order valence-electron chi connectivity index (χ4n) is 4.53. The van der Waals surface area contributed by atoms with E-state index in [4.69, 9.17) is 9.40 Å². The molecular weight excluding hydrogens is 448 g/mol. The Morgan fingerprint density at radius 1 is 0.839 bits per heavy atom. The maximum atomic E-state index is 6.21. The van der Waals surface area contributed by atoms with Gasteiger partial charge < -0.3 is 4.42 Å². The zero-order chi connectivity index (χ0) is 21.3. The largest absolute Gasteiger partial charge is 0.456 e. The zero-order valence-corrected chi connectivity index (χ0v) is 19.2. The summed E-state index contributed by atoms with van der Waals surface area (Å²) in [6.07, 6.45) is 1.92. The highest BCUT2D eigenvalue weighted by Gasteiger charge is 2.21. The topological polar surface area (TPSA) is 31.0 Å². The van der Waals surface area contributed by atoms with E-state index >= 15 is 0 Å². The summed E-state index contributed by atoms with van der Waals surface area (Å²) < 4.78 is 9.54. The van der Waals surface area contributed by atoms with E-state index < -0.39 is 0 Å². The standard InChI is InChI=1S/C27H21BrN2O/c1-27(2,3)16-12-13-29-24(14-16)30-21-15-17(28)8-9-18(21)19-10-11-23-25(26(19)30)20-6-4-5-7-22(20)31-23/h4-15H,1-3H3.